The van der Waals surface area contributed by atoms with Crippen LogP contribution in [0.25, 0.3) is 5.76 Å². The largest absolute Gasteiger partial charge is 0.508 e. The maximum Gasteiger partial charge on any atom is 0.401 e. The summed E-state index contributed by atoms with van der Waals surface area (Å²) in [5.41, 5.74) is 1.63. The van der Waals surface area contributed by atoms with Gasteiger partial charge in [-0.25, -0.2) is 0 Å². The van der Waals surface area contributed by atoms with Crippen LogP contribution in [-0.4, -0.2) is 99.8 Å². The molecule has 0 heterocycles. The standard InChI is InChI=1S/C29H34F3N3O8/c1-34(2)21-16-7-13-6-15-19(22(37)18(13)25(39)29(16,42)26(40)20(23(21)38)27(33)41)17(36)8-14(24(15)43-3)10-35(9-12-4-5-12)11-28(30,31)32/h8,12-13,16,21,36-37,40,42H,4-7,9-11H2,1-3H3,(H2,33,41)/t13-,16-,21-,29-/m0/s1. The van der Waals surface area contributed by atoms with Gasteiger partial charge in [0.05, 0.1) is 25.3 Å². The van der Waals surface area contributed by atoms with E-state index >= 15 is 0 Å². The van der Waals surface area contributed by atoms with Crippen molar-refractivity contribution in [3.05, 3.63) is 39.7 Å². The lowest BCUT2D eigenvalue weighted by Crippen LogP contribution is -2.65. The minimum Gasteiger partial charge on any atom is -0.508 e. The second-order valence-electron chi connectivity index (χ2n) is 12.1. The Morgan fingerprint density at radius 1 is 1.19 bits per heavy atom. The fourth-order valence-electron chi connectivity index (χ4n) is 7.07. The van der Waals surface area contributed by atoms with Gasteiger partial charge in [0.1, 0.15) is 28.6 Å². The minimum atomic E-state index is -4.46. The monoisotopic (exact) mass is 609 g/mol. The van der Waals surface area contributed by atoms with Crippen LogP contribution in [0.3, 0.4) is 0 Å². The number of carbonyl (C=O) groups is 3. The molecular weight excluding hydrogens is 575 g/mol. The Bertz CT molecular complexity index is 1470. The molecule has 6 N–H and O–H groups in total. The smallest absolute Gasteiger partial charge is 0.401 e. The first-order chi connectivity index (χ1) is 20.0. The number of Topliss-reactive ketones (excluding diaryl/α,β-unsaturated/α-hetero) is 2. The number of hydrogen-bond donors (Lipinski definition) is 5. The predicted molar refractivity (Wildman–Crippen MR) is 145 cm³/mol. The van der Waals surface area contributed by atoms with Crippen molar-refractivity contribution in [2.24, 2.45) is 23.5 Å². The molecule has 0 aliphatic heterocycles. The van der Waals surface area contributed by atoms with Crippen LogP contribution >= 0.6 is 0 Å². The second kappa shape index (κ2) is 10.5. The molecular formula is C29H34F3N3O8. The third kappa shape index (κ3) is 5.04. The third-order valence-corrected chi connectivity index (χ3v) is 8.96. The van der Waals surface area contributed by atoms with E-state index in [4.69, 9.17) is 10.5 Å². The minimum absolute atomic E-state index is 0.0407. The number of fused-ring (bicyclic) bond motifs is 3. The number of nitrogens with zero attached hydrogens (tertiary/aromatic N) is 2. The Hall–Kier alpha value is -3.62. The van der Waals surface area contributed by atoms with E-state index in [1.165, 1.54) is 37.1 Å². The van der Waals surface area contributed by atoms with Crippen LogP contribution in [0.1, 0.15) is 36.0 Å². The average Bonchev–Trinajstić information content (AvgIpc) is 3.68. The van der Waals surface area contributed by atoms with E-state index in [0.717, 1.165) is 12.8 Å². The van der Waals surface area contributed by atoms with Gasteiger partial charge in [-0.05, 0) is 57.7 Å². The third-order valence-electron chi connectivity index (χ3n) is 8.96. The number of benzene rings is 1. The van der Waals surface area contributed by atoms with E-state index in [1.54, 1.807) is 0 Å². The number of aliphatic hydroxyl groups is 3. The number of rotatable bonds is 8. The number of hydrogen-bond acceptors (Lipinski definition) is 10. The lowest BCUT2D eigenvalue weighted by molar-refractivity contribution is -0.153. The number of primary amides is 1. The second-order valence-corrected chi connectivity index (χ2v) is 12.1. The highest BCUT2D eigenvalue weighted by Crippen LogP contribution is 2.54. The topological polar surface area (TPSA) is 174 Å². The molecule has 1 aromatic carbocycles. The predicted octanol–water partition coefficient (Wildman–Crippen LogP) is 1.75. The first kappa shape index (κ1) is 30.8. The number of halogens is 3. The fraction of sp³-hybridized carbons (Fsp3) is 0.552. The highest BCUT2D eigenvalue weighted by Gasteiger charge is 2.64. The van der Waals surface area contributed by atoms with Crippen molar-refractivity contribution in [3.8, 4) is 11.5 Å². The summed E-state index contributed by atoms with van der Waals surface area (Å²) >= 11 is 0. The summed E-state index contributed by atoms with van der Waals surface area (Å²) in [7, 11) is 4.30. The van der Waals surface area contributed by atoms with Gasteiger partial charge in [0.2, 0.25) is 5.78 Å². The molecule has 234 valence electrons. The number of carbonyl (C=O) groups excluding carboxylic acids is 3. The molecule has 1 amide bonds. The molecule has 0 unspecified atom stereocenters. The summed E-state index contributed by atoms with van der Waals surface area (Å²) in [4.78, 5) is 41.9. The van der Waals surface area contributed by atoms with Gasteiger partial charge in [0.25, 0.3) is 5.91 Å². The SMILES string of the molecule is COc1c(CN(CC2CC2)CC(F)(F)F)cc(O)c2c1C[C@H]1C[C@H]3[C@H](N(C)C)C(=O)C(C(N)=O)=C(O)[C@@]3(O)C(=O)C1=C2O. The Labute approximate surface area is 245 Å². The van der Waals surface area contributed by atoms with Crippen LogP contribution < -0.4 is 10.5 Å². The summed E-state index contributed by atoms with van der Waals surface area (Å²) in [5.74, 6) is -7.60. The molecule has 0 spiro atoms. The number of aromatic hydroxyl groups is 1. The number of phenolic OH excluding ortho intramolecular Hbond substituents is 1. The number of ketones is 2. The number of alkyl halides is 3. The Balaban J connectivity index is 1.62. The molecule has 4 atom stereocenters. The molecule has 4 aliphatic rings. The lowest BCUT2D eigenvalue weighted by atomic mass is 9.57. The number of methoxy groups -OCH3 is 1. The molecule has 14 heteroatoms. The van der Waals surface area contributed by atoms with Gasteiger partial charge in [-0.1, -0.05) is 0 Å². The summed E-state index contributed by atoms with van der Waals surface area (Å²) in [6.07, 6.45) is -2.97. The van der Waals surface area contributed by atoms with E-state index in [2.05, 4.69) is 0 Å². The van der Waals surface area contributed by atoms with Crippen LogP contribution in [0.15, 0.2) is 23.0 Å². The van der Waals surface area contributed by atoms with Crippen molar-refractivity contribution in [3.63, 3.8) is 0 Å². The van der Waals surface area contributed by atoms with Crippen LogP contribution in [0.5, 0.6) is 11.5 Å². The zero-order chi connectivity index (χ0) is 31.8. The summed E-state index contributed by atoms with van der Waals surface area (Å²) in [5, 5.41) is 45.0. The van der Waals surface area contributed by atoms with Gasteiger partial charge in [0, 0.05) is 35.7 Å². The van der Waals surface area contributed by atoms with Gasteiger partial charge < -0.3 is 30.9 Å². The Morgan fingerprint density at radius 2 is 1.84 bits per heavy atom. The number of amides is 1. The van der Waals surface area contributed by atoms with Gasteiger partial charge in [-0.2, -0.15) is 13.2 Å². The van der Waals surface area contributed by atoms with Crippen molar-refractivity contribution in [1.29, 1.82) is 0 Å². The first-order valence-electron chi connectivity index (χ1n) is 13.9. The van der Waals surface area contributed by atoms with Crippen LogP contribution in [0, 0.1) is 17.8 Å². The summed E-state index contributed by atoms with van der Waals surface area (Å²) in [6.45, 7) is -1.16. The number of ether oxygens (including phenoxy) is 1. The zero-order valence-electron chi connectivity index (χ0n) is 23.9. The van der Waals surface area contributed by atoms with E-state index in [9.17, 15) is 48.0 Å². The van der Waals surface area contributed by atoms with E-state index < -0.39 is 76.5 Å². The average molecular weight is 610 g/mol. The Kier molecular flexibility index (Phi) is 7.55. The van der Waals surface area contributed by atoms with Crippen molar-refractivity contribution >= 4 is 23.2 Å². The fourth-order valence-corrected chi connectivity index (χ4v) is 7.07. The van der Waals surface area contributed by atoms with Gasteiger partial charge in [-0.15, -0.1) is 0 Å². The molecule has 0 saturated heterocycles. The zero-order valence-corrected chi connectivity index (χ0v) is 23.9. The number of nitrogens with two attached hydrogens (primary N) is 1. The van der Waals surface area contributed by atoms with Crippen molar-refractivity contribution in [2.45, 2.75) is 50.0 Å². The van der Waals surface area contributed by atoms with E-state index in [1.807, 2.05) is 0 Å². The van der Waals surface area contributed by atoms with Gasteiger partial charge in [-0.3, -0.25) is 24.2 Å². The molecule has 2 fully saturated rings. The van der Waals surface area contributed by atoms with Crippen molar-refractivity contribution < 1.29 is 52.7 Å². The molecule has 0 aromatic heterocycles. The molecule has 2 saturated carbocycles. The molecule has 4 aliphatic carbocycles. The van der Waals surface area contributed by atoms with E-state index in [-0.39, 0.29) is 59.9 Å². The number of aliphatic hydroxyl groups excluding tert-OH is 2. The molecule has 11 nitrogen and oxygen atoms in total. The van der Waals surface area contributed by atoms with Gasteiger partial charge >= 0.3 is 6.18 Å². The molecule has 0 bridgehead atoms. The van der Waals surface area contributed by atoms with Crippen molar-refractivity contribution in [2.75, 3.05) is 34.3 Å². The summed E-state index contributed by atoms with van der Waals surface area (Å²) < 4.78 is 45.8. The van der Waals surface area contributed by atoms with Gasteiger partial charge in [0.15, 0.2) is 11.4 Å². The highest BCUT2D eigenvalue weighted by atomic mass is 19.4. The van der Waals surface area contributed by atoms with Crippen molar-refractivity contribution in [1.82, 2.24) is 9.80 Å². The highest BCUT2D eigenvalue weighted by molar-refractivity contribution is 6.24. The number of likely N-dealkylation sites (N-methyl/N-ethyl adjacent to an activating group) is 1. The Morgan fingerprint density at radius 3 is 2.37 bits per heavy atom. The molecule has 43 heavy (non-hydrogen) atoms. The number of phenols is 1. The first-order valence-corrected chi connectivity index (χ1v) is 13.9. The normalized spacial score (nSPS) is 27.4. The van der Waals surface area contributed by atoms with E-state index in [0.29, 0.717) is 0 Å². The lowest BCUT2D eigenvalue weighted by Gasteiger charge is -2.50. The molecule has 5 rings (SSSR count). The maximum absolute atomic E-state index is 13.9. The quantitative estimate of drug-likeness (QED) is 0.273. The van der Waals surface area contributed by atoms with Crippen LogP contribution in [0.2, 0.25) is 0 Å². The summed E-state index contributed by atoms with van der Waals surface area (Å²) in [6, 6.07) is -0.0582. The molecule has 0 radical (unpaired) electrons. The maximum atomic E-state index is 13.9. The van der Waals surface area contributed by atoms with Crippen LogP contribution in [-0.2, 0) is 27.3 Å². The van der Waals surface area contributed by atoms with Crippen LogP contribution in [0.4, 0.5) is 13.2 Å². The molecule has 1 aromatic rings.